The van der Waals surface area contributed by atoms with Crippen molar-refractivity contribution in [3.63, 3.8) is 0 Å². The molecule has 0 atom stereocenters. The first-order valence-electron chi connectivity index (χ1n) is 5.23. The monoisotopic (exact) mass is 252 g/mol. The number of nitrogens with one attached hydrogen (secondary N) is 1. The lowest BCUT2D eigenvalue weighted by atomic mass is 10.1. The van der Waals surface area contributed by atoms with Gasteiger partial charge in [0.05, 0.1) is 12.0 Å². The predicted molar refractivity (Wildman–Crippen MR) is 67.5 cm³/mol. The van der Waals surface area contributed by atoms with Crippen LogP contribution < -0.4 is 4.72 Å². The molecule has 0 spiro atoms. The molecule has 0 unspecified atom stereocenters. The van der Waals surface area contributed by atoms with Crippen molar-refractivity contribution in [1.29, 1.82) is 0 Å². The van der Waals surface area contributed by atoms with Crippen LogP contribution in [0.3, 0.4) is 0 Å². The van der Waals surface area contributed by atoms with Crippen LogP contribution in [0.25, 0.3) is 0 Å². The van der Waals surface area contributed by atoms with Crippen molar-refractivity contribution < 1.29 is 13.6 Å². The summed E-state index contributed by atoms with van der Waals surface area (Å²) in [6.45, 7) is 9.56. The molecule has 0 fully saturated rings. The van der Waals surface area contributed by atoms with Gasteiger partial charge in [-0.25, -0.2) is 13.1 Å². The average molecular weight is 252 g/mol. The van der Waals surface area contributed by atoms with Crippen LogP contribution in [0.15, 0.2) is 5.16 Å². The summed E-state index contributed by atoms with van der Waals surface area (Å²) in [5.74, 6) is 0.589. The molecule has 6 heteroatoms. The van der Waals surface area contributed by atoms with Gasteiger partial charge in [0, 0.05) is 6.04 Å². The standard InChI is InChI=1S/C6H13NO.C4H11NO2S/c1-5(2)4-6(3)7-8;1-4(2)5-8(3,6)7/h5,8H,4H2,1-3H3;4-5H,1-3H3/b7-6-;. The van der Waals surface area contributed by atoms with Crippen LogP contribution in [0, 0.1) is 5.92 Å². The molecule has 0 bridgehead atoms. The summed E-state index contributed by atoms with van der Waals surface area (Å²) >= 11 is 0. The first-order chi connectivity index (χ1) is 7.08. The minimum Gasteiger partial charge on any atom is -0.411 e. The molecule has 0 heterocycles. The van der Waals surface area contributed by atoms with Crippen molar-refractivity contribution in [1.82, 2.24) is 4.72 Å². The fraction of sp³-hybridized carbons (Fsp3) is 0.900. The molecule has 0 saturated heterocycles. The summed E-state index contributed by atoms with van der Waals surface area (Å²) in [5.41, 5.74) is 0.806. The number of hydrogen-bond donors (Lipinski definition) is 2. The van der Waals surface area contributed by atoms with Crippen molar-refractivity contribution >= 4 is 15.7 Å². The topological polar surface area (TPSA) is 78.8 Å². The molecular weight excluding hydrogens is 228 g/mol. The number of oxime groups is 1. The SMILES string of the molecule is C/C(CC(C)C)=N/O.CC(C)NS(C)(=O)=O. The molecule has 0 aliphatic heterocycles. The van der Waals surface area contributed by atoms with E-state index >= 15 is 0 Å². The summed E-state index contributed by atoms with van der Waals surface area (Å²) in [4.78, 5) is 0. The zero-order valence-electron chi connectivity index (χ0n) is 11.0. The second kappa shape index (κ2) is 8.52. The van der Waals surface area contributed by atoms with Gasteiger partial charge in [-0.1, -0.05) is 19.0 Å². The van der Waals surface area contributed by atoms with E-state index in [1.165, 1.54) is 0 Å². The van der Waals surface area contributed by atoms with Gasteiger partial charge in [0.25, 0.3) is 0 Å². The van der Waals surface area contributed by atoms with E-state index in [0.717, 1.165) is 18.4 Å². The molecule has 0 amide bonds. The van der Waals surface area contributed by atoms with Gasteiger partial charge >= 0.3 is 0 Å². The van der Waals surface area contributed by atoms with E-state index in [4.69, 9.17) is 5.21 Å². The van der Waals surface area contributed by atoms with Gasteiger partial charge in [0.2, 0.25) is 10.0 Å². The third-order valence-corrected chi connectivity index (χ3v) is 2.22. The highest BCUT2D eigenvalue weighted by atomic mass is 32.2. The van der Waals surface area contributed by atoms with Gasteiger partial charge in [-0.2, -0.15) is 0 Å². The lowest BCUT2D eigenvalue weighted by Gasteiger charge is -2.02. The van der Waals surface area contributed by atoms with Crippen molar-refractivity contribution in [2.24, 2.45) is 11.1 Å². The smallest absolute Gasteiger partial charge is 0.208 e. The average Bonchev–Trinajstić information content (AvgIpc) is 1.98. The summed E-state index contributed by atoms with van der Waals surface area (Å²) < 4.78 is 23.0. The Morgan fingerprint density at radius 3 is 1.81 bits per heavy atom. The van der Waals surface area contributed by atoms with E-state index in [-0.39, 0.29) is 6.04 Å². The lowest BCUT2D eigenvalue weighted by molar-refractivity contribution is 0.316. The van der Waals surface area contributed by atoms with E-state index in [9.17, 15) is 8.42 Å². The van der Waals surface area contributed by atoms with Crippen molar-refractivity contribution in [3.05, 3.63) is 0 Å². The summed E-state index contributed by atoms with van der Waals surface area (Å²) in [7, 11) is -2.97. The lowest BCUT2D eigenvalue weighted by Crippen LogP contribution is -2.28. The zero-order chi connectivity index (χ0) is 13.4. The Morgan fingerprint density at radius 1 is 1.31 bits per heavy atom. The van der Waals surface area contributed by atoms with E-state index in [1.54, 1.807) is 13.8 Å². The number of rotatable bonds is 4. The largest absolute Gasteiger partial charge is 0.411 e. The highest BCUT2D eigenvalue weighted by Gasteiger charge is 2.00. The number of hydrogen-bond acceptors (Lipinski definition) is 4. The molecule has 5 nitrogen and oxygen atoms in total. The Kier molecular flexibility index (Phi) is 9.46. The molecule has 0 aromatic carbocycles. The Balaban J connectivity index is 0. The normalized spacial score (nSPS) is 12.6. The van der Waals surface area contributed by atoms with Gasteiger partial charge in [0.15, 0.2) is 0 Å². The van der Waals surface area contributed by atoms with E-state index < -0.39 is 10.0 Å². The maximum absolute atomic E-state index is 10.3. The zero-order valence-corrected chi connectivity index (χ0v) is 11.8. The van der Waals surface area contributed by atoms with E-state index in [1.807, 2.05) is 6.92 Å². The highest BCUT2D eigenvalue weighted by molar-refractivity contribution is 7.88. The predicted octanol–water partition coefficient (Wildman–Crippen LogP) is 1.83. The van der Waals surface area contributed by atoms with Crippen LogP contribution in [0.1, 0.15) is 41.0 Å². The first kappa shape index (κ1) is 17.8. The van der Waals surface area contributed by atoms with Crippen molar-refractivity contribution in [2.75, 3.05) is 6.26 Å². The van der Waals surface area contributed by atoms with Gasteiger partial charge in [-0.05, 0) is 33.1 Å². The molecule has 0 rings (SSSR count). The van der Waals surface area contributed by atoms with E-state index in [2.05, 4.69) is 23.7 Å². The van der Waals surface area contributed by atoms with Gasteiger partial charge < -0.3 is 5.21 Å². The Labute approximate surface area is 99.0 Å². The van der Waals surface area contributed by atoms with Crippen molar-refractivity contribution in [2.45, 2.75) is 47.1 Å². The van der Waals surface area contributed by atoms with Crippen molar-refractivity contribution in [3.8, 4) is 0 Å². The summed E-state index contributed by atoms with van der Waals surface area (Å²) in [6.07, 6.45) is 2.03. The molecule has 2 N–H and O–H groups in total. The van der Waals surface area contributed by atoms with E-state index in [0.29, 0.717) is 5.92 Å². The minimum absolute atomic E-state index is 0.00463. The second-order valence-corrected chi connectivity index (χ2v) is 6.26. The van der Waals surface area contributed by atoms with Crippen LogP contribution >= 0.6 is 0 Å². The molecule has 16 heavy (non-hydrogen) atoms. The molecule has 0 aliphatic rings. The second-order valence-electron chi connectivity index (χ2n) is 4.48. The maximum atomic E-state index is 10.3. The number of sulfonamides is 1. The third kappa shape index (κ3) is 19.0. The summed E-state index contributed by atoms with van der Waals surface area (Å²) in [6, 6.07) is 0.00463. The van der Waals surface area contributed by atoms with Gasteiger partial charge in [0.1, 0.15) is 0 Å². The Morgan fingerprint density at radius 2 is 1.75 bits per heavy atom. The van der Waals surface area contributed by atoms with Gasteiger partial charge in [-0.3, -0.25) is 0 Å². The highest BCUT2D eigenvalue weighted by Crippen LogP contribution is 1.99. The fourth-order valence-corrected chi connectivity index (χ4v) is 1.92. The van der Waals surface area contributed by atoms with Crippen LogP contribution in [0.4, 0.5) is 0 Å². The number of nitrogens with zero attached hydrogens (tertiary/aromatic N) is 1. The minimum atomic E-state index is -2.97. The molecule has 0 aromatic rings. The maximum Gasteiger partial charge on any atom is 0.208 e. The van der Waals surface area contributed by atoms with Crippen LogP contribution in [0.5, 0.6) is 0 Å². The molecular formula is C10H24N2O3S. The fourth-order valence-electron chi connectivity index (χ4n) is 1.06. The molecule has 0 aliphatic carbocycles. The third-order valence-electron chi connectivity index (χ3n) is 1.32. The molecule has 98 valence electrons. The molecule has 0 aromatic heterocycles. The van der Waals surface area contributed by atoms with Gasteiger partial charge in [-0.15, -0.1) is 0 Å². The summed E-state index contributed by atoms with van der Waals surface area (Å²) in [5, 5.41) is 11.2. The van der Waals surface area contributed by atoms with Crippen LogP contribution in [-0.4, -0.2) is 31.6 Å². The van der Waals surface area contributed by atoms with Crippen LogP contribution in [-0.2, 0) is 10.0 Å². The molecule has 0 saturated carbocycles. The first-order valence-corrected chi connectivity index (χ1v) is 7.12. The van der Waals surface area contributed by atoms with Crippen LogP contribution in [0.2, 0.25) is 0 Å². The Bertz CT molecular complexity index is 295. The molecule has 0 radical (unpaired) electrons. The quantitative estimate of drug-likeness (QED) is 0.455. The Hall–Kier alpha value is -0.620.